The van der Waals surface area contributed by atoms with Crippen LogP contribution in [0, 0.1) is 0 Å². The van der Waals surface area contributed by atoms with Gasteiger partial charge in [-0.15, -0.1) is 0 Å². The molecule has 0 aliphatic carbocycles. The molecule has 0 fully saturated rings. The van der Waals surface area contributed by atoms with Gasteiger partial charge in [0.25, 0.3) is 0 Å². The third-order valence-electron chi connectivity index (χ3n) is 2.01. The molecule has 0 spiro atoms. The summed E-state index contributed by atoms with van der Waals surface area (Å²) in [5.74, 6) is 0. The van der Waals surface area contributed by atoms with E-state index in [0.29, 0.717) is 6.54 Å². The molecule has 0 radical (unpaired) electrons. The minimum atomic E-state index is -0.645. The second kappa shape index (κ2) is 4.11. The molecular weight excluding hydrogens is 178 g/mol. The number of hydrogen-bond donors (Lipinski definition) is 1. The number of aryl methyl sites for hydroxylation is 1. The highest BCUT2D eigenvalue weighted by atomic mass is 16.3. The minimum absolute atomic E-state index is 0.645. The topological polar surface area (TPSA) is 41.3 Å². The molecule has 0 atom stereocenters. The smallest absolute Gasteiger partial charge is 0.0945 e. The third-order valence-corrected chi connectivity index (χ3v) is 2.01. The Hall–Kier alpha value is -0.870. The molecule has 0 saturated heterocycles. The van der Waals surface area contributed by atoms with E-state index in [1.165, 1.54) is 0 Å². The van der Waals surface area contributed by atoms with Crippen LogP contribution < -0.4 is 0 Å². The first-order valence-corrected chi connectivity index (χ1v) is 4.74. The Balaban J connectivity index is 2.50. The van der Waals surface area contributed by atoms with Crippen LogP contribution in [0.1, 0.15) is 19.5 Å². The standard InChI is InChI=1S/C10H19N3O/c1-10(2,14)7-12(3)6-9-5-11-8-13(9)4/h5,8,14H,6-7H2,1-4H3. The van der Waals surface area contributed by atoms with Gasteiger partial charge in [0.1, 0.15) is 0 Å². The Kier molecular flexibility index (Phi) is 3.29. The summed E-state index contributed by atoms with van der Waals surface area (Å²) in [6, 6.07) is 0. The Morgan fingerprint density at radius 3 is 2.64 bits per heavy atom. The third kappa shape index (κ3) is 3.47. The lowest BCUT2D eigenvalue weighted by atomic mass is 10.1. The van der Waals surface area contributed by atoms with Crippen molar-refractivity contribution in [1.29, 1.82) is 0 Å². The van der Waals surface area contributed by atoms with Crippen molar-refractivity contribution in [2.45, 2.75) is 26.0 Å². The van der Waals surface area contributed by atoms with Gasteiger partial charge in [0.05, 0.1) is 17.6 Å². The summed E-state index contributed by atoms with van der Waals surface area (Å²) in [6.07, 6.45) is 3.63. The summed E-state index contributed by atoms with van der Waals surface area (Å²) in [5.41, 5.74) is 0.504. The maximum atomic E-state index is 9.62. The van der Waals surface area contributed by atoms with Crippen LogP contribution in [0.15, 0.2) is 12.5 Å². The maximum Gasteiger partial charge on any atom is 0.0945 e. The molecule has 0 aliphatic rings. The van der Waals surface area contributed by atoms with Gasteiger partial charge in [0.15, 0.2) is 0 Å². The Labute approximate surface area is 85.2 Å². The number of likely N-dealkylation sites (N-methyl/N-ethyl adjacent to an activating group) is 1. The van der Waals surface area contributed by atoms with Crippen LogP contribution in [-0.2, 0) is 13.6 Å². The molecule has 0 aliphatic heterocycles. The van der Waals surface area contributed by atoms with Crippen LogP contribution >= 0.6 is 0 Å². The van der Waals surface area contributed by atoms with Crippen LogP contribution in [0.3, 0.4) is 0 Å². The van der Waals surface area contributed by atoms with Gasteiger partial charge in [-0.3, -0.25) is 4.90 Å². The average Bonchev–Trinajstić information content (AvgIpc) is 2.32. The normalized spacial score (nSPS) is 12.4. The molecule has 80 valence electrons. The zero-order chi connectivity index (χ0) is 10.8. The van der Waals surface area contributed by atoms with E-state index in [-0.39, 0.29) is 0 Å². The van der Waals surface area contributed by atoms with Crippen molar-refractivity contribution >= 4 is 0 Å². The Morgan fingerprint density at radius 2 is 2.21 bits per heavy atom. The van der Waals surface area contributed by atoms with E-state index in [1.807, 2.05) is 38.7 Å². The number of rotatable bonds is 4. The zero-order valence-electron chi connectivity index (χ0n) is 9.36. The highest BCUT2D eigenvalue weighted by Crippen LogP contribution is 2.07. The van der Waals surface area contributed by atoms with Crippen LogP contribution in [0.25, 0.3) is 0 Å². The van der Waals surface area contributed by atoms with E-state index in [4.69, 9.17) is 0 Å². The molecule has 0 bridgehead atoms. The fourth-order valence-electron chi connectivity index (χ4n) is 1.53. The largest absolute Gasteiger partial charge is 0.389 e. The van der Waals surface area contributed by atoms with Crippen LogP contribution in [0.2, 0.25) is 0 Å². The Bertz CT molecular complexity index is 288. The van der Waals surface area contributed by atoms with Gasteiger partial charge < -0.3 is 9.67 Å². The van der Waals surface area contributed by atoms with Crippen molar-refractivity contribution in [3.8, 4) is 0 Å². The van der Waals surface area contributed by atoms with Crippen molar-refractivity contribution in [3.63, 3.8) is 0 Å². The molecular formula is C10H19N3O. The molecule has 14 heavy (non-hydrogen) atoms. The first-order chi connectivity index (χ1) is 6.38. The first-order valence-electron chi connectivity index (χ1n) is 4.74. The molecule has 4 heteroatoms. The van der Waals surface area contributed by atoms with Crippen molar-refractivity contribution in [2.75, 3.05) is 13.6 Å². The predicted octanol–water partition coefficient (Wildman–Crippen LogP) is 0.623. The summed E-state index contributed by atoms with van der Waals surface area (Å²) >= 11 is 0. The number of aromatic nitrogens is 2. The second-order valence-corrected chi connectivity index (χ2v) is 4.48. The number of imidazole rings is 1. The van der Waals surface area contributed by atoms with Crippen LogP contribution in [0.4, 0.5) is 0 Å². The summed E-state index contributed by atoms with van der Waals surface area (Å²) in [4.78, 5) is 6.13. The average molecular weight is 197 g/mol. The fourth-order valence-corrected chi connectivity index (χ4v) is 1.53. The molecule has 1 aromatic heterocycles. The monoisotopic (exact) mass is 197 g/mol. The van der Waals surface area contributed by atoms with Gasteiger partial charge in [0, 0.05) is 26.3 Å². The van der Waals surface area contributed by atoms with Crippen molar-refractivity contribution < 1.29 is 5.11 Å². The highest BCUT2D eigenvalue weighted by Gasteiger charge is 2.16. The lowest BCUT2D eigenvalue weighted by Gasteiger charge is -2.25. The van der Waals surface area contributed by atoms with Gasteiger partial charge in [-0.2, -0.15) is 0 Å². The van der Waals surface area contributed by atoms with Gasteiger partial charge >= 0.3 is 0 Å². The molecule has 1 rings (SSSR count). The van der Waals surface area contributed by atoms with Crippen LogP contribution in [0.5, 0.6) is 0 Å². The quantitative estimate of drug-likeness (QED) is 0.769. The fraction of sp³-hybridized carbons (Fsp3) is 0.700. The zero-order valence-corrected chi connectivity index (χ0v) is 9.36. The van der Waals surface area contributed by atoms with E-state index in [0.717, 1.165) is 12.2 Å². The van der Waals surface area contributed by atoms with E-state index >= 15 is 0 Å². The van der Waals surface area contributed by atoms with Gasteiger partial charge in [-0.1, -0.05) is 0 Å². The van der Waals surface area contributed by atoms with E-state index < -0.39 is 5.60 Å². The van der Waals surface area contributed by atoms with Gasteiger partial charge in [-0.05, 0) is 20.9 Å². The summed E-state index contributed by atoms with van der Waals surface area (Å²) in [7, 11) is 3.96. The SMILES string of the molecule is CN(Cc1cncn1C)CC(C)(C)O. The lowest BCUT2D eigenvalue weighted by Crippen LogP contribution is -2.36. The van der Waals surface area contributed by atoms with Gasteiger partial charge in [-0.25, -0.2) is 4.98 Å². The number of aliphatic hydroxyl groups is 1. The van der Waals surface area contributed by atoms with E-state index in [9.17, 15) is 5.11 Å². The minimum Gasteiger partial charge on any atom is -0.389 e. The first kappa shape index (κ1) is 11.2. The van der Waals surface area contributed by atoms with Gasteiger partial charge in [0.2, 0.25) is 0 Å². The van der Waals surface area contributed by atoms with Crippen molar-refractivity contribution in [1.82, 2.24) is 14.5 Å². The van der Waals surface area contributed by atoms with Crippen molar-refractivity contribution in [2.24, 2.45) is 7.05 Å². The second-order valence-electron chi connectivity index (χ2n) is 4.48. The lowest BCUT2D eigenvalue weighted by molar-refractivity contribution is 0.0419. The molecule has 1 aromatic rings. The molecule has 0 amide bonds. The highest BCUT2D eigenvalue weighted by molar-refractivity contribution is 4.97. The molecule has 1 N–H and O–H groups in total. The van der Waals surface area contributed by atoms with Crippen molar-refractivity contribution in [3.05, 3.63) is 18.2 Å². The predicted molar refractivity (Wildman–Crippen MR) is 55.8 cm³/mol. The van der Waals surface area contributed by atoms with Crippen LogP contribution in [-0.4, -0.2) is 38.8 Å². The number of hydrogen-bond acceptors (Lipinski definition) is 3. The molecule has 4 nitrogen and oxygen atoms in total. The molecule has 0 saturated carbocycles. The summed E-state index contributed by atoms with van der Waals surface area (Å²) < 4.78 is 1.99. The summed E-state index contributed by atoms with van der Waals surface area (Å²) in [6.45, 7) is 5.08. The molecule has 0 aromatic carbocycles. The maximum absolute atomic E-state index is 9.62. The summed E-state index contributed by atoms with van der Waals surface area (Å²) in [5, 5.41) is 9.62. The molecule has 0 unspecified atom stereocenters. The number of nitrogens with zero attached hydrogens (tertiary/aromatic N) is 3. The van der Waals surface area contributed by atoms with E-state index in [2.05, 4.69) is 9.88 Å². The Morgan fingerprint density at radius 1 is 1.57 bits per heavy atom. The van der Waals surface area contributed by atoms with E-state index in [1.54, 1.807) is 6.33 Å². The molecule has 1 heterocycles.